The molecule has 0 saturated carbocycles. The molecule has 5 heteroatoms. The number of carbonyl (C=O) groups excluding carboxylic acids is 1. The Kier molecular flexibility index (Phi) is 4.55. The van der Waals surface area contributed by atoms with Crippen molar-refractivity contribution in [3.05, 3.63) is 28.8 Å². The summed E-state index contributed by atoms with van der Waals surface area (Å²) in [7, 11) is 0. The average molecular weight is 297 g/mol. The van der Waals surface area contributed by atoms with Crippen LogP contribution < -0.4 is 10.5 Å². The fourth-order valence-corrected chi connectivity index (χ4v) is 3.01. The lowest BCUT2D eigenvalue weighted by Crippen LogP contribution is -2.37. The molecule has 0 radical (unpaired) electrons. The normalized spacial score (nSPS) is 22.7. The number of amides is 1. The average Bonchev–Trinajstić information content (AvgIpc) is 2.67. The van der Waals surface area contributed by atoms with Crippen LogP contribution in [0.25, 0.3) is 0 Å². The zero-order valence-corrected chi connectivity index (χ0v) is 12.9. The summed E-state index contributed by atoms with van der Waals surface area (Å²) in [5.74, 6) is 0.759. The first-order valence-electron chi connectivity index (χ1n) is 6.94. The van der Waals surface area contributed by atoms with Crippen molar-refractivity contribution >= 4 is 17.5 Å². The van der Waals surface area contributed by atoms with E-state index in [9.17, 15) is 4.79 Å². The Morgan fingerprint density at radius 3 is 2.75 bits per heavy atom. The molecule has 2 rings (SSSR count). The van der Waals surface area contributed by atoms with E-state index in [2.05, 4.69) is 0 Å². The van der Waals surface area contributed by atoms with Crippen LogP contribution in [-0.4, -0.2) is 29.5 Å². The molecule has 1 fully saturated rings. The van der Waals surface area contributed by atoms with E-state index >= 15 is 0 Å². The molecule has 2 atom stereocenters. The van der Waals surface area contributed by atoms with E-state index in [1.54, 1.807) is 0 Å². The number of ether oxygens (including phenoxy) is 1. The molecule has 0 bridgehead atoms. The van der Waals surface area contributed by atoms with Crippen LogP contribution in [0.4, 0.5) is 0 Å². The number of likely N-dealkylation sites (tertiary alicyclic amines) is 1. The second kappa shape index (κ2) is 6.02. The number of carbonyl (C=O) groups is 1. The van der Waals surface area contributed by atoms with Gasteiger partial charge in [-0.15, -0.1) is 0 Å². The number of rotatable bonds is 4. The molecule has 1 amide bonds. The molecule has 1 aromatic carbocycles. The largest absolute Gasteiger partial charge is 0.492 e. The van der Waals surface area contributed by atoms with Crippen molar-refractivity contribution in [2.75, 3.05) is 6.61 Å². The summed E-state index contributed by atoms with van der Waals surface area (Å²) in [4.78, 5) is 13.9. The van der Waals surface area contributed by atoms with Gasteiger partial charge in [-0.3, -0.25) is 4.79 Å². The summed E-state index contributed by atoms with van der Waals surface area (Å²) in [5, 5.41) is 0.555. The summed E-state index contributed by atoms with van der Waals surface area (Å²) in [6, 6.07) is 5.44. The van der Waals surface area contributed by atoms with Gasteiger partial charge < -0.3 is 15.4 Å². The van der Waals surface area contributed by atoms with Crippen molar-refractivity contribution in [3.8, 4) is 5.75 Å². The van der Waals surface area contributed by atoms with Crippen LogP contribution in [0.1, 0.15) is 38.8 Å². The molecule has 1 aliphatic rings. The maximum Gasteiger partial charge on any atom is 0.225 e. The van der Waals surface area contributed by atoms with E-state index in [4.69, 9.17) is 22.1 Å². The second-order valence-electron chi connectivity index (χ2n) is 5.33. The third-order valence-corrected chi connectivity index (χ3v) is 3.85. The lowest BCUT2D eigenvalue weighted by atomic mass is 10.00. The molecule has 0 spiro atoms. The molecule has 4 nitrogen and oxygen atoms in total. The van der Waals surface area contributed by atoms with E-state index in [1.165, 1.54) is 0 Å². The maximum absolute atomic E-state index is 12.1. The van der Waals surface area contributed by atoms with Crippen LogP contribution in [0.2, 0.25) is 5.02 Å². The molecule has 2 unspecified atom stereocenters. The Morgan fingerprint density at radius 1 is 1.50 bits per heavy atom. The number of hydrogen-bond donors (Lipinski definition) is 1. The molecule has 1 heterocycles. The van der Waals surface area contributed by atoms with Crippen LogP contribution in [0.5, 0.6) is 5.75 Å². The highest BCUT2D eigenvalue weighted by molar-refractivity contribution is 6.32. The van der Waals surface area contributed by atoms with Crippen LogP contribution in [0, 0.1) is 0 Å². The lowest BCUT2D eigenvalue weighted by molar-refractivity contribution is -0.130. The predicted molar refractivity (Wildman–Crippen MR) is 79.9 cm³/mol. The highest BCUT2D eigenvalue weighted by atomic mass is 35.5. The number of halogens is 1. The van der Waals surface area contributed by atoms with E-state index in [0.29, 0.717) is 23.8 Å². The Labute approximate surface area is 124 Å². The second-order valence-corrected chi connectivity index (χ2v) is 5.74. The Hall–Kier alpha value is -1.26. The van der Waals surface area contributed by atoms with Gasteiger partial charge in [0.15, 0.2) is 0 Å². The highest BCUT2D eigenvalue weighted by Crippen LogP contribution is 2.36. The fraction of sp³-hybridized carbons (Fsp3) is 0.533. The van der Waals surface area contributed by atoms with Crippen LogP contribution in [-0.2, 0) is 4.79 Å². The third-order valence-electron chi connectivity index (χ3n) is 3.56. The molecule has 1 aromatic rings. The van der Waals surface area contributed by atoms with Crippen LogP contribution in [0.3, 0.4) is 0 Å². The van der Waals surface area contributed by atoms with Gasteiger partial charge in [-0.25, -0.2) is 0 Å². The molecule has 2 N–H and O–H groups in total. The van der Waals surface area contributed by atoms with Crippen LogP contribution in [0.15, 0.2) is 18.2 Å². The van der Waals surface area contributed by atoms with Gasteiger partial charge in [0.2, 0.25) is 5.91 Å². The molecule has 0 aromatic heterocycles. The number of benzene rings is 1. The Bertz CT molecular complexity index is 505. The lowest BCUT2D eigenvalue weighted by Gasteiger charge is -2.31. The van der Waals surface area contributed by atoms with E-state index in [1.807, 2.05) is 43.9 Å². The molecular weight excluding hydrogens is 276 g/mol. The number of nitrogens with zero attached hydrogens (tertiary/aromatic N) is 1. The van der Waals surface area contributed by atoms with E-state index < -0.39 is 0 Å². The smallest absolute Gasteiger partial charge is 0.225 e. The maximum atomic E-state index is 12.1. The van der Waals surface area contributed by atoms with E-state index in [-0.39, 0.29) is 24.0 Å². The van der Waals surface area contributed by atoms with Crippen molar-refractivity contribution in [1.29, 1.82) is 0 Å². The highest BCUT2D eigenvalue weighted by Gasteiger charge is 2.40. The molecule has 1 saturated heterocycles. The minimum absolute atomic E-state index is 0.0995. The number of nitrogens with two attached hydrogens (primary N) is 1. The minimum atomic E-state index is -0.195. The van der Waals surface area contributed by atoms with Crippen molar-refractivity contribution < 1.29 is 9.53 Å². The Balaban J connectivity index is 2.34. The zero-order chi connectivity index (χ0) is 14.9. The third kappa shape index (κ3) is 2.76. The quantitative estimate of drug-likeness (QED) is 0.929. The Morgan fingerprint density at radius 2 is 2.20 bits per heavy atom. The van der Waals surface area contributed by atoms with Gasteiger partial charge in [0.05, 0.1) is 17.7 Å². The molecule has 1 aliphatic heterocycles. The van der Waals surface area contributed by atoms with E-state index in [0.717, 1.165) is 5.56 Å². The standard InChI is InChI=1S/C15H21ClN2O2/c1-4-20-13-6-5-10(7-11(13)16)15-12(17)8-14(19)18(15)9(2)3/h5-7,9,12,15H,4,8,17H2,1-3H3. The minimum Gasteiger partial charge on any atom is -0.492 e. The van der Waals surface area contributed by atoms with Crippen molar-refractivity contribution in [2.45, 2.75) is 45.3 Å². The topological polar surface area (TPSA) is 55.6 Å². The van der Waals surface area contributed by atoms with Crippen LogP contribution >= 0.6 is 11.6 Å². The van der Waals surface area contributed by atoms with Crippen molar-refractivity contribution in [1.82, 2.24) is 4.90 Å². The first kappa shape index (κ1) is 15.1. The first-order valence-corrected chi connectivity index (χ1v) is 7.32. The molecular formula is C15H21ClN2O2. The van der Waals surface area contributed by atoms with Gasteiger partial charge in [0.1, 0.15) is 5.75 Å². The number of hydrogen-bond acceptors (Lipinski definition) is 3. The molecule has 0 aliphatic carbocycles. The van der Waals surface area contributed by atoms with Crippen molar-refractivity contribution in [2.24, 2.45) is 5.73 Å². The summed E-state index contributed by atoms with van der Waals surface area (Å²) in [6.45, 7) is 6.48. The van der Waals surface area contributed by atoms with Gasteiger partial charge in [-0.2, -0.15) is 0 Å². The monoisotopic (exact) mass is 296 g/mol. The summed E-state index contributed by atoms with van der Waals surface area (Å²) >= 11 is 6.23. The van der Waals surface area contributed by atoms with Gasteiger partial charge >= 0.3 is 0 Å². The van der Waals surface area contributed by atoms with Gasteiger partial charge in [0.25, 0.3) is 0 Å². The van der Waals surface area contributed by atoms with Gasteiger partial charge in [-0.1, -0.05) is 17.7 Å². The zero-order valence-electron chi connectivity index (χ0n) is 12.1. The van der Waals surface area contributed by atoms with Crippen molar-refractivity contribution in [3.63, 3.8) is 0 Å². The fourth-order valence-electron chi connectivity index (χ4n) is 2.77. The first-order chi connectivity index (χ1) is 9.45. The predicted octanol–water partition coefficient (Wildman–Crippen LogP) is 2.75. The van der Waals surface area contributed by atoms with Gasteiger partial charge in [-0.05, 0) is 38.5 Å². The summed E-state index contributed by atoms with van der Waals surface area (Å²) in [6.07, 6.45) is 0.383. The molecule has 20 heavy (non-hydrogen) atoms. The summed E-state index contributed by atoms with van der Waals surface area (Å²) < 4.78 is 5.43. The summed E-state index contributed by atoms with van der Waals surface area (Å²) in [5.41, 5.74) is 7.10. The SMILES string of the molecule is CCOc1ccc(C2C(N)CC(=O)N2C(C)C)cc1Cl. The van der Waals surface area contributed by atoms with Gasteiger partial charge in [0, 0.05) is 18.5 Å². The molecule has 110 valence electrons.